The van der Waals surface area contributed by atoms with Gasteiger partial charge in [-0.2, -0.15) is 0 Å². The van der Waals surface area contributed by atoms with Crippen LogP contribution < -0.4 is 4.74 Å². The molecule has 0 saturated carbocycles. The maximum atomic E-state index is 11.1. The summed E-state index contributed by atoms with van der Waals surface area (Å²) in [6, 6.07) is 7.16. The van der Waals surface area contributed by atoms with Crippen LogP contribution in [-0.2, 0) is 9.53 Å². The highest BCUT2D eigenvalue weighted by molar-refractivity contribution is 6.32. The van der Waals surface area contributed by atoms with Gasteiger partial charge in [0, 0.05) is 0 Å². The summed E-state index contributed by atoms with van der Waals surface area (Å²) in [6.07, 6.45) is 1.07. The third-order valence-electron chi connectivity index (χ3n) is 1.87. The zero-order valence-corrected chi connectivity index (χ0v) is 10.00. The second-order valence-corrected chi connectivity index (χ2v) is 3.66. The number of hydrogen-bond donors (Lipinski definition) is 0. The number of esters is 1. The van der Waals surface area contributed by atoms with Crippen LogP contribution in [0.5, 0.6) is 5.75 Å². The molecule has 0 aromatic heterocycles. The smallest absolute Gasteiger partial charge is 0.309 e. The van der Waals surface area contributed by atoms with Crippen LogP contribution in [0.15, 0.2) is 24.3 Å². The molecule has 0 radical (unpaired) electrons. The lowest BCUT2D eigenvalue weighted by atomic mass is 10.3. The third kappa shape index (κ3) is 4.53. The van der Waals surface area contributed by atoms with Gasteiger partial charge >= 0.3 is 5.97 Å². The van der Waals surface area contributed by atoms with Gasteiger partial charge in [0.1, 0.15) is 5.75 Å². The summed E-state index contributed by atoms with van der Waals surface area (Å²) in [7, 11) is 0. The molecule has 0 amide bonds. The molecule has 0 bridgehead atoms. The van der Waals surface area contributed by atoms with Crippen LogP contribution in [-0.4, -0.2) is 19.2 Å². The predicted molar refractivity (Wildman–Crippen MR) is 62.8 cm³/mol. The molecule has 88 valence electrons. The van der Waals surface area contributed by atoms with Crippen molar-refractivity contribution in [2.75, 3.05) is 13.2 Å². The molecule has 0 saturated heterocycles. The van der Waals surface area contributed by atoms with Crippen molar-refractivity contribution in [3.05, 3.63) is 29.3 Å². The highest BCUT2D eigenvalue weighted by Crippen LogP contribution is 2.22. The summed E-state index contributed by atoms with van der Waals surface area (Å²) in [5.41, 5.74) is 0. The van der Waals surface area contributed by atoms with Gasteiger partial charge < -0.3 is 9.47 Å². The van der Waals surface area contributed by atoms with Crippen molar-refractivity contribution in [3.8, 4) is 5.75 Å². The van der Waals surface area contributed by atoms with Crippen LogP contribution in [0.4, 0.5) is 0 Å². The SMILES string of the molecule is CCCOC(=O)CCOc1ccccc1Cl. The highest BCUT2D eigenvalue weighted by Gasteiger charge is 2.04. The molecule has 0 aliphatic rings. The highest BCUT2D eigenvalue weighted by atomic mass is 35.5. The van der Waals surface area contributed by atoms with Crippen molar-refractivity contribution in [3.63, 3.8) is 0 Å². The lowest BCUT2D eigenvalue weighted by Gasteiger charge is -2.07. The van der Waals surface area contributed by atoms with Crippen LogP contribution >= 0.6 is 11.6 Å². The molecule has 0 unspecified atom stereocenters. The fourth-order valence-corrected chi connectivity index (χ4v) is 1.28. The monoisotopic (exact) mass is 242 g/mol. The predicted octanol–water partition coefficient (Wildman–Crippen LogP) is 3.06. The Bertz CT molecular complexity index is 339. The minimum absolute atomic E-state index is 0.241. The Morgan fingerprint density at radius 3 is 2.75 bits per heavy atom. The van der Waals surface area contributed by atoms with Gasteiger partial charge in [0.2, 0.25) is 0 Å². The van der Waals surface area contributed by atoms with Gasteiger partial charge in [0.05, 0.1) is 24.7 Å². The van der Waals surface area contributed by atoms with E-state index in [2.05, 4.69) is 0 Å². The maximum absolute atomic E-state index is 11.1. The molecule has 1 aromatic rings. The molecule has 0 aliphatic carbocycles. The first kappa shape index (κ1) is 12.8. The fourth-order valence-electron chi connectivity index (χ4n) is 1.09. The van der Waals surface area contributed by atoms with E-state index in [4.69, 9.17) is 21.1 Å². The standard InChI is InChI=1S/C12H15ClO3/c1-2-8-16-12(14)7-9-15-11-6-4-3-5-10(11)13/h3-6H,2,7-9H2,1H3. The quantitative estimate of drug-likeness (QED) is 0.720. The van der Waals surface area contributed by atoms with E-state index in [-0.39, 0.29) is 19.0 Å². The second-order valence-electron chi connectivity index (χ2n) is 3.25. The number of carbonyl (C=O) groups excluding carboxylic acids is 1. The number of hydrogen-bond acceptors (Lipinski definition) is 3. The summed E-state index contributed by atoms with van der Waals surface area (Å²) in [5, 5.41) is 0.546. The lowest BCUT2D eigenvalue weighted by molar-refractivity contribution is -0.144. The van der Waals surface area contributed by atoms with Crippen molar-refractivity contribution < 1.29 is 14.3 Å². The molecular formula is C12H15ClO3. The number of carbonyl (C=O) groups is 1. The number of ether oxygens (including phenoxy) is 2. The van der Waals surface area contributed by atoms with E-state index in [9.17, 15) is 4.79 Å². The third-order valence-corrected chi connectivity index (χ3v) is 2.18. The summed E-state index contributed by atoms with van der Waals surface area (Å²) >= 11 is 5.88. The van der Waals surface area contributed by atoms with Gasteiger partial charge in [-0.15, -0.1) is 0 Å². The second kappa shape index (κ2) is 7.12. The van der Waals surface area contributed by atoms with Crippen LogP contribution in [0.1, 0.15) is 19.8 Å². The average molecular weight is 243 g/mol. The maximum Gasteiger partial charge on any atom is 0.309 e. The van der Waals surface area contributed by atoms with E-state index in [1.165, 1.54) is 0 Å². The van der Waals surface area contributed by atoms with Gasteiger partial charge in [0.25, 0.3) is 0 Å². The molecule has 3 nitrogen and oxygen atoms in total. The van der Waals surface area contributed by atoms with Crippen LogP contribution in [0, 0.1) is 0 Å². The summed E-state index contributed by atoms with van der Waals surface area (Å²) in [5.74, 6) is 0.348. The van der Waals surface area contributed by atoms with Crippen molar-refractivity contribution in [2.24, 2.45) is 0 Å². The molecule has 0 N–H and O–H groups in total. The molecule has 0 heterocycles. The van der Waals surface area contributed by atoms with E-state index in [0.717, 1.165) is 6.42 Å². The summed E-state index contributed by atoms with van der Waals surface area (Å²) < 4.78 is 10.3. The molecule has 0 spiro atoms. The molecular weight excluding hydrogens is 228 g/mol. The van der Waals surface area contributed by atoms with Crippen molar-refractivity contribution in [2.45, 2.75) is 19.8 Å². The zero-order chi connectivity index (χ0) is 11.8. The molecule has 16 heavy (non-hydrogen) atoms. The van der Waals surface area contributed by atoms with Crippen molar-refractivity contribution in [1.29, 1.82) is 0 Å². The molecule has 0 atom stereocenters. The van der Waals surface area contributed by atoms with E-state index in [1.807, 2.05) is 19.1 Å². The van der Waals surface area contributed by atoms with Crippen LogP contribution in [0.2, 0.25) is 5.02 Å². The first-order valence-electron chi connectivity index (χ1n) is 5.27. The largest absolute Gasteiger partial charge is 0.491 e. The minimum Gasteiger partial charge on any atom is -0.491 e. The Morgan fingerprint density at radius 2 is 2.06 bits per heavy atom. The van der Waals surface area contributed by atoms with E-state index >= 15 is 0 Å². The molecule has 4 heteroatoms. The average Bonchev–Trinajstić information content (AvgIpc) is 2.29. The number of para-hydroxylation sites is 1. The fraction of sp³-hybridized carbons (Fsp3) is 0.417. The Balaban J connectivity index is 2.25. The Morgan fingerprint density at radius 1 is 1.31 bits per heavy atom. The molecule has 0 fully saturated rings. The normalized spacial score (nSPS) is 9.88. The first-order valence-corrected chi connectivity index (χ1v) is 5.64. The van der Waals surface area contributed by atoms with Crippen molar-refractivity contribution >= 4 is 17.6 Å². The van der Waals surface area contributed by atoms with Crippen LogP contribution in [0.3, 0.4) is 0 Å². The van der Waals surface area contributed by atoms with Gasteiger partial charge in [0.15, 0.2) is 0 Å². The van der Waals surface area contributed by atoms with Gasteiger partial charge in [-0.3, -0.25) is 4.79 Å². The van der Waals surface area contributed by atoms with Gasteiger partial charge in [-0.25, -0.2) is 0 Å². The summed E-state index contributed by atoms with van der Waals surface area (Å²) in [6.45, 7) is 2.70. The zero-order valence-electron chi connectivity index (χ0n) is 9.24. The Labute approximate surface area is 100 Å². The van der Waals surface area contributed by atoms with Crippen LogP contribution in [0.25, 0.3) is 0 Å². The molecule has 1 aromatic carbocycles. The summed E-state index contributed by atoms with van der Waals surface area (Å²) in [4.78, 5) is 11.1. The van der Waals surface area contributed by atoms with E-state index < -0.39 is 0 Å². The Kier molecular flexibility index (Phi) is 5.72. The topological polar surface area (TPSA) is 35.5 Å². The first-order chi connectivity index (χ1) is 7.74. The van der Waals surface area contributed by atoms with E-state index in [0.29, 0.717) is 17.4 Å². The van der Waals surface area contributed by atoms with Crippen molar-refractivity contribution in [1.82, 2.24) is 0 Å². The number of halogens is 1. The minimum atomic E-state index is -0.242. The number of benzene rings is 1. The van der Waals surface area contributed by atoms with E-state index in [1.54, 1.807) is 12.1 Å². The van der Waals surface area contributed by atoms with Gasteiger partial charge in [-0.05, 0) is 18.6 Å². The lowest BCUT2D eigenvalue weighted by Crippen LogP contribution is -2.10. The molecule has 0 aliphatic heterocycles. The molecule has 1 rings (SSSR count). The Hall–Kier alpha value is -1.22. The van der Waals surface area contributed by atoms with Gasteiger partial charge in [-0.1, -0.05) is 30.7 Å². The number of rotatable bonds is 6.